The van der Waals surface area contributed by atoms with Crippen molar-refractivity contribution in [1.82, 2.24) is 4.90 Å². The first kappa shape index (κ1) is 11.8. The van der Waals surface area contributed by atoms with E-state index in [4.69, 9.17) is 10.8 Å². The summed E-state index contributed by atoms with van der Waals surface area (Å²) in [5.41, 5.74) is 5.20. The fourth-order valence-corrected chi connectivity index (χ4v) is 2.31. The lowest BCUT2D eigenvalue weighted by atomic mass is 9.95. The summed E-state index contributed by atoms with van der Waals surface area (Å²) in [7, 11) is 0. The van der Waals surface area contributed by atoms with Gasteiger partial charge < -0.3 is 15.7 Å². The second-order valence-electron chi connectivity index (χ2n) is 4.53. The molecule has 3 N–H and O–H groups in total. The summed E-state index contributed by atoms with van der Waals surface area (Å²) < 4.78 is 0. The highest BCUT2D eigenvalue weighted by Gasteiger charge is 2.34. The van der Waals surface area contributed by atoms with Gasteiger partial charge in [-0.05, 0) is 24.7 Å². The molecule has 0 spiro atoms. The lowest BCUT2D eigenvalue weighted by molar-refractivity contribution is -0.142. The van der Waals surface area contributed by atoms with Crippen molar-refractivity contribution < 1.29 is 14.7 Å². The zero-order chi connectivity index (χ0) is 11.6. The van der Waals surface area contributed by atoms with Crippen LogP contribution in [0.1, 0.15) is 26.7 Å². The highest BCUT2D eigenvalue weighted by Crippen LogP contribution is 2.25. The second-order valence-corrected chi connectivity index (χ2v) is 4.53. The van der Waals surface area contributed by atoms with Crippen LogP contribution in [0.3, 0.4) is 0 Å². The zero-order valence-corrected chi connectivity index (χ0v) is 9.14. The molecule has 0 radical (unpaired) electrons. The van der Waals surface area contributed by atoms with Crippen molar-refractivity contribution in [3.05, 3.63) is 0 Å². The number of likely N-dealkylation sites (tertiary alicyclic amines) is 1. The molecule has 1 fully saturated rings. The normalized spacial score (nSPS) is 32.1. The lowest BCUT2D eigenvalue weighted by Gasteiger charge is -2.26. The smallest absolute Gasteiger partial charge is 0.326 e. The quantitative estimate of drug-likeness (QED) is 0.679. The van der Waals surface area contributed by atoms with E-state index >= 15 is 0 Å². The van der Waals surface area contributed by atoms with Gasteiger partial charge in [-0.3, -0.25) is 0 Å². The summed E-state index contributed by atoms with van der Waals surface area (Å²) >= 11 is 0. The van der Waals surface area contributed by atoms with Crippen LogP contribution in [0.15, 0.2) is 0 Å². The van der Waals surface area contributed by atoms with Crippen molar-refractivity contribution in [2.45, 2.75) is 32.7 Å². The van der Waals surface area contributed by atoms with Crippen LogP contribution in [0.25, 0.3) is 0 Å². The number of carbonyl (C=O) groups excluding carboxylic acids is 1. The van der Waals surface area contributed by atoms with Crippen molar-refractivity contribution in [3.63, 3.8) is 0 Å². The molecule has 0 aromatic heterocycles. The van der Waals surface area contributed by atoms with E-state index in [0.29, 0.717) is 24.8 Å². The Hall–Kier alpha value is -1.26. The first-order valence-corrected chi connectivity index (χ1v) is 5.20. The Labute approximate surface area is 89.2 Å². The SMILES string of the molecule is CC1CC(C)CN(C(N)=O)C(C(=O)O)C1. The predicted octanol–water partition coefficient (Wildman–Crippen LogP) is 0.886. The monoisotopic (exact) mass is 214 g/mol. The molecular formula is C10H18N2O3. The van der Waals surface area contributed by atoms with Gasteiger partial charge in [-0.25, -0.2) is 9.59 Å². The third-order valence-electron chi connectivity index (χ3n) is 2.88. The lowest BCUT2D eigenvalue weighted by Crippen LogP contribution is -2.48. The number of carboxylic acid groups (broad SMARTS) is 1. The Kier molecular flexibility index (Phi) is 3.55. The third-order valence-corrected chi connectivity index (χ3v) is 2.88. The van der Waals surface area contributed by atoms with E-state index in [-0.39, 0.29) is 0 Å². The summed E-state index contributed by atoms with van der Waals surface area (Å²) in [6.45, 7) is 4.46. The van der Waals surface area contributed by atoms with Gasteiger partial charge in [0, 0.05) is 6.54 Å². The third kappa shape index (κ3) is 2.84. The summed E-state index contributed by atoms with van der Waals surface area (Å²) in [5.74, 6) is -0.350. The number of nitrogens with two attached hydrogens (primary N) is 1. The first-order chi connectivity index (χ1) is 6.91. The molecule has 0 bridgehead atoms. The van der Waals surface area contributed by atoms with Gasteiger partial charge in [0.25, 0.3) is 0 Å². The molecule has 1 heterocycles. The first-order valence-electron chi connectivity index (χ1n) is 5.20. The molecule has 0 saturated carbocycles. The van der Waals surface area contributed by atoms with E-state index in [9.17, 15) is 9.59 Å². The van der Waals surface area contributed by atoms with Crippen molar-refractivity contribution >= 4 is 12.0 Å². The molecule has 1 aliphatic rings. The number of rotatable bonds is 1. The van der Waals surface area contributed by atoms with Gasteiger partial charge >= 0.3 is 12.0 Å². The average Bonchev–Trinajstić information content (AvgIpc) is 2.23. The molecule has 1 saturated heterocycles. The van der Waals surface area contributed by atoms with Crippen molar-refractivity contribution in [1.29, 1.82) is 0 Å². The van der Waals surface area contributed by atoms with E-state index in [1.165, 1.54) is 4.90 Å². The number of amides is 2. The molecule has 0 aliphatic carbocycles. The van der Waals surface area contributed by atoms with Gasteiger partial charge in [0.05, 0.1) is 0 Å². The van der Waals surface area contributed by atoms with E-state index in [0.717, 1.165) is 6.42 Å². The van der Waals surface area contributed by atoms with Gasteiger partial charge in [-0.1, -0.05) is 13.8 Å². The fraction of sp³-hybridized carbons (Fsp3) is 0.800. The molecule has 5 heteroatoms. The molecule has 2 amide bonds. The molecule has 1 rings (SSSR count). The molecular weight excluding hydrogens is 196 g/mol. The minimum absolute atomic E-state index is 0.303. The molecule has 86 valence electrons. The minimum Gasteiger partial charge on any atom is -0.480 e. The highest BCUT2D eigenvalue weighted by atomic mass is 16.4. The maximum atomic E-state index is 11.2. The van der Waals surface area contributed by atoms with Crippen LogP contribution in [0.4, 0.5) is 4.79 Å². The standard InChI is InChI=1S/C10H18N2O3/c1-6-3-7(2)5-12(10(11)15)8(4-6)9(13)14/h6-8H,3-5H2,1-2H3,(H2,11,15)(H,13,14). The number of urea groups is 1. The summed E-state index contributed by atoms with van der Waals surface area (Å²) in [4.78, 5) is 23.5. The van der Waals surface area contributed by atoms with Crippen LogP contribution < -0.4 is 5.73 Å². The Bertz CT molecular complexity index is 241. The Morgan fingerprint density at radius 3 is 2.33 bits per heavy atom. The zero-order valence-electron chi connectivity index (χ0n) is 9.14. The Balaban J connectivity index is 2.87. The van der Waals surface area contributed by atoms with Gasteiger partial charge in [0.2, 0.25) is 0 Å². The summed E-state index contributed by atoms with van der Waals surface area (Å²) in [6.07, 6.45) is 1.43. The number of aliphatic carboxylic acids is 1. The Morgan fingerprint density at radius 2 is 1.87 bits per heavy atom. The van der Waals surface area contributed by atoms with E-state index < -0.39 is 18.0 Å². The number of primary amides is 1. The van der Waals surface area contributed by atoms with Gasteiger partial charge in [0.1, 0.15) is 6.04 Å². The molecule has 1 aliphatic heterocycles. The molecule has 0 aromatic rings. The average molecular weight is 214 g/mol. The van der Waals surface area contributed by atoms with E-state index in [2.05, 4.69) is 0 Å². The number of carbonyl (C=O) groups is 2. The second kappa shape index (κ2) is 4.51. The Morgan fingerprint density at radius 1 is 1.27 bits per heavy atom. The largest absolute Gasteiger partial charge is 0.480 e. The molecule has 5 nitrogen and oxygen atoms in total. The predicted molar refractivity (Wildman–Crippen MR) is 55.3 cm³/mol. The summed E-state index contributed by atoms with van der Waals surface area (Å²) in [6, 6.07) is -1.40. The van der Waals surface area contributed by atoms with Gasteiger partial charge in [-0.15, -0.1) is 0 Å². The van der Waals surface area contributed by atoms with Gasteiger partial charge in [-0.2, -0.15) is 0 Å². The topological polar surface area (TPSA) is 83.6 Å². The number of nitrogens with zero attached hydrogens (tertiary/aromatic N) is 1. The maximum absolute atomic E-state index is 11.2. The maximum Gasteiger partial charge on any atom is 0.326 e. The molecule has 0 aromatic carbocycles. The number of hydrogen-bond acceptors (Lipinski definition) is 2. The number of carboxylic acids is 1. The van der Waals surface area contributed by atoms with Crippen LogP contribution in [-0.2, 0) is 4.79 Å². The summed E-state index contributed by atoms with van der Waals surface area (Å²) in [5, 5.41) is 9.04. The van der Waals surface area contributed by atoms with Crippen molar-refractivity contribution in [2.75, 3.05) is 6.54 Å². The number of hydrogen-bond donors (Lipinski definition) is 2. The molecule has 15 heavy (non-hydrogen) atoms. The van der Waals surface area contributed by atoms with E-state index in [1.807, 2.05) is 13.8 Å². The highest BCUT2D eigenvalue weighted by molar-refractivity contribution is 5.81. The van der Waals surface area contributed by atoms with Crippen LogP contribution in [-0.4, -0.2) is 34.6 Å². The molecule has 3 unspecified atom stereocenters. The van der Waals surface area contributed by atoms with Crippen molar-refractivity contribution in [3.8, 4) is 0 Å². The van der Waals surface area contributed by atoms with Crippen LogP contribution in [0.2, 0.25) is 0 Å². The van der Waals surface area contributed by atoms with Crippen molar-refractivity contribution in [2.24, 2.45) is 17.6 Å². The fourth-order valence-electron chi connectivity index (χ4n) is 2.31. The minimum atomic E-state index is -0.963. The van der Waals surface area contributed by atoms with Crippen LogP contribution >= 0.6 is 0 Å². The van der Waals surface area contributed by atoms with Crippen LogP contribution in [0.5, 0.6) is 0 Å². The van der Waals surface area contributed by atoms with Gasteiger partial charge in [0.15, 0.2) is 0 Å². The van der Waals surface area contributed by atoms with E-state index in [1.54, 1.807) is 0 Å². The van der Waals surface area contributed by atoms with Crippen LogP contribution in [0, 0.1) is 11.8 Å². The molecule has 3 atom stereocenters.